The molecule has 0 spiro atoms. The maximum absolute atomic E-state index is 11.4. The Morgan fingerprint density at radius 2 is 1.86 bits per heavy atom. The van der Waals surface area contributed by atoms with E-state index in [1.54, 1.807) is 4.31 Å². The number of piperazine rings is 1. The molecule has 1 saturated heterocycles. The van der Waals surface area contributed by atoms with Gasteiger partial charge in [-0.25, -0.2) is 8.42 Å². The second-order valence-electron chi connectivity index (χ2n) is 4.31. The molecule has 0 N–H and O–H groups in total. The minimum absolute atomic E-state index is 0.0983. The Morgan fingerprint density at radius 1 is 1.29 bits per heavy atom. The van der Waals surface area contributed by atoms with Crippen LogP contribution in [0.25, 0.3) is 0 Å². The van der Waals surface area contributed by atoms with Gasteiger partial charge in [-0.2, -0.15) is 4.31 Å². The number of sulfonamides is 1. The Kier molecular flexibility index (Phi) is 3.55. The first-order valence-corrected chi connectivity index (χ1v) is 6.88. The van der Waals surface area contributed by atoms with Crippen molar-refractivity contribution in [3.8, 4) is 0 Å². The number of rotatable bonds is 2. The van der Waals surface area contributed by atoms with Crippen molar-refractivity contribution in [3.05, 3.63) is 0 Å². The fourth-order valence-electron chi connectivity index (χ4n) is 1.93. The Morgan fingerprint density at radius 3 is 2.21 bits per heavy atom. The van der Waals surface area contributed by atoms with Gasteiger partial charge in [0.2, 0.25) is 10.0 Å². The van der Waals surface area contributed by atoms with Crippen molar-refractivity contribution in [1.29, 1.82) is 0 Å². The molecule has 0 amide bonds. The van der Waals surface area contributed by atoms with Gasteiger partial charge in [0.25, 0.3) is 0 Å². The lowest BCUT2D eigenvalue weighted by Crippen LogP contribution is -2.55. The summed E-state index contributed by atoms with van der Waals surface area (Å²) in [7, 11) is -3.02. The predicted octanol–water partition coefficient (Wildman–Crippen LogP) is 0.361. The summed E-state index contributed by atoms with van der Waals surface area (Å²) in [5, 5.41) is 0. The van der Waals surface area contributed by atoms with E-state index in [0.717, 1.165) is 13.1 Å². The summed E-state index contributed by atoms with van der Waals surface area (Å²) in [6.45, 7) is 8.55. The van der Waals surface area contributed by atoms with Crippen molar-refractivity contribution in [2.24, 2.45) is 0 Å². The van der Waals surface area contributed by atoms with E-state index >= 15 is 0 Å². The Balaban J connectivity index is 2.66. The molecule has 1 aliphatic heterocycles. The fourth-order valence-corrected chi connectivity index (χ4v) is 3.06. The molecule has 0 aromatic heterocycles. The molecule has 1 heterocycles. The number of hydrogen-bond acceptors (Lipinski definition) is 3. The lowest BCUT2D eigenvalue weighted by Gasteiger charge is -2.40. The van der Waals surface area contributed by atoms with Crippen LogP contribution in [0.15, 0.2) is 0 Å². The largest absolute Gasteiger partial charge is 0.298 e. The topological polar surface area (TPSA) is 40.6 Å². The van der Waals surface area contributed by atoms with Gasteiger partial charge in [0, 0.05) is 31.7 Å². The quantitative estimate of drug-likeness (QED) is 0.674. The lowest BCUT2D eigenvalue weighted by molar-refractivity contribution is 0.117. The third-order valence-corrected chi connectivity index (χ3v) is 4.15. The summed E-state index contributed by atoms with van der Waals surface area (Å²) in [6, 6.07) is 0.598. The molecule has 1 atom stereocenters. The minimum Gasteiger partial charge on any atom is -0.298 e. The van der Waals surface area contributed by atoms with Crippen LogP contribution >= 0.6 is 0 Å². The van der Waals surface area contributed by atoms with Crippen molar-refractivity contribution in [2.75, 3.05) is 25.9 Å². The molecular weight excluding hydrogens is 200 g/mol. The summed E-state index contributed by atoms with van der Waals surface area (Å²) in [5.41, 5.74) is 0. The Hall–Kier alpha value is -0.130. The molecule has 1 rings (SSSR count). The minimum atomic E-state index is -3.02. The summed E-state index contributed by atoms with van der Waals surface area (Å²) >= 11 is 0. The monoisotopic (exact) mass is 220 g/mol. The molecule has 1 unspecified atom stereocenters. The molecule has 0 saturated carbocycles. The average Bonchev–Trinajstić information content (AvgIpc) is 2.01. The zero-order chi connectivity index (χ0) is 10.9. The fraction of sp³-hybridized carbons (Fsp3) is 1.00. The van der Waals surface area contributed by atoms with Gasteiger partial charge in [-0.05, 0) is 20.8 Å². The normalized spacial score (nSPS) is 27.1. The van der Waals surface area contributed by atoms with Crippen LogP contribution in [-0.2, 0) is 10.0 Å². The first-order chi connectivity index (χ1) is 6.32. The van der Waals surface area contributed by atoms with Gasteiger partial charge in [0.1, 0.15) is 0 Å². The molecule has 0 aromatic rings. The van der Waals surface area contributed by atoms with Gasteiger partial charge in [0.15, 0.2) is 0 Å². The first kappa shape index (κ1) is 11.9. The molecule has 0 aliphatic carbocycles. The van der Waals surface area contributed by atoms with Gasteiger partial charge >= 0.3 is 0 Å². The SMILES string of the molecule is CC(C)N1CCN(S(C)(=O)=O)C(C)C1. The molecule has 5 heteroatoms. The molecule has 0 bridgehead atoms. The highest BCUT2D eigenvalue weighted by Crippen LogP contribution is 2.14. The zero-order valence-corrected chi connectivity index (χ0v) is 10.2. The molecule has 14 heavy (non-hydrogen) atoms. The van der Waals surface area contributed by atoms with E-state index in [0.29, 0.717) is 12.6 Å². The van der Waals surface area contributed by atoms with Crippen LogP contribution in [0.3, 0.4) is 0 Å². The molecule has 84 valence electrons. The van der Waals surface area contributed by atoms with Crippen LogP contribution in [0.2, 0.25) is 0 Å². The van der Waals surface area contributed by atoms with Crippen molar-refractivity contribution >= 4 is 10.0 Å². The van der Waals surface area contributed by atoms with Crippen LogP contribution in [0.5, 0.6) is 0 Å². The van der Waals surface area contributed by atoms with Crippen LogP contribution in [0.4, 0.5) is 0 Å². The van der Waals surface area contributed by atoms with Gasteiger partial charge in [-0.3, -0.25) is 4.90 Å². The molecule has 0 radical (unpaired) electrons. The van der Waals surface area contributed by atoms with E-state index in [-0.39, 0.29) is 6.04 Å². The van der Waals surface area contributed by atoms with Crippen molar-refractivity contribution in [2.45, 2.75) is 32.9 Å². The van der Waals surface area contributed by atoms with Gasteiger partial charge in [-0.1, -0.05) is 0 Å². The summed E-state index contributed by atoms with van der Waals surface area (Å²) in [4.78, 5) is 2.31. The lowest BCUT2D eigenvalue weighted by atomic mass is 10.2. The van der Waals surface area contributed by atoms with E-state index in [4.69, 9.17) is 0 Å². The van der Waals surface area contributed by atoms with Crippen LogP contribution in [0, 0.1) is 0 Å². The maximum Gasteiger partial charge on any atom is 0.211 e. The highest BCUT2D eigenvalue weighted by Gasteiger charge is 2.30. The first-order valence-electron chi connectivity index (χ1n) is 5.03. The second-order valence-corrected chi connectivity index (χ2v) is 6.25. The summed E-state index contributed by atoms with van der Waals surface area (Å²) < 4.78 is 24.4. The van der Waals surface area contributed by atoms with Gasteiger partial charge in [-0.15, -0.1) is 0 Å². The number of nitrogens with zero attached hydrogens (tertiary/aromatic N) is 2. The maximum atomic E-state index is 11.4. The van der Waals surface area contributed by atoms with Crippen LogP contribution in [0.1, 0.15) is 20.8 Å². The van der Waals surface area contributed by atoms with Crippen LogP contribution in [-0.4, -0.2) is 55.6 Å². The molecule has 0 aromatic carbocycles. The second kappa shape index (κ2) is 4.16. The van der Waals surface area contributed by atoms with Crippen molar-refractivity contribution in [3.63, 3.8) is 0 Å². The van der Waals surface area contributed by atoms with E-state index in [9.17, 15) is 8.42 Å². The Labute approximate surface area is 86.9 Å². The molecule has 4 nitrogen and oxygen atoms in total. The third-order valence-electron chi connectivity index (χ3n) is 2.75. The van der Waals surface area contributed by atoms with Gasteiger partial charge in [0.05, 0.1) is 6.26 Å². The summed E-state index contributed by atoms with van der Waals surface area (Å²) in [5.74, 6) is 0. The van der Waals surface area contributed by atoms with E-state index < -0.39 is 10.0 Å². The molecule has 1 aliphatic rings. The molecular formula is C9H20N2O2S. The average molecular weight is 220 g/mol. The predicted molar refractivity (Wildman–Crippen MR) is 57.7 cm³/mol. The zero-order valence-electron chi connectivity index (χ0n) is 9.40. The van der Waals surface area contributed by atoms with Crippen molar-refractivity contribution in [1.82, 2.24) is 9.21 Å². The van der Waals surface area contributed by atoms with Crippen molar-refractivity contribution < 1.29 is 8.42 Å². The van der Waals surface area contributed by atoms with E-state index in [2.05, 4.69) is 18.7 Å². The van der Waals surface area contributed by atoms with Crippen LogP contribution < -0.4 is 0 Å². The summed E-state index contributed by atoms with van der Waals surface area (Å²) in [6.07, 6.45) is 1.29. The van der Waals surface area contributed by atoms with Gasteiger partial charge < -0.3 is 0 Å². The molecule has 1 fully saturated rings. The highest BCUT2D eigenvalue weighted by atomic mass is 32.2. The standard InChI is InChI=1S/C9H20N2O2S/c1-8(2)10-5-6-11(9(3)7-10)14(4,12)13/h8-9H,5-7H2,1-4H3. The number of hydrogen-bond donors (Lipinski definition) is 0. The third kappa shape index (κ3) is 2.68. The Bertz CT molecular complexity index is 287. The van der Waals surface area contributed by atoms with E-state index in [1.807, 2.05) is 6.92 Å². The smallest absolute Gasteiger partial charge is 0.211 e. The van der Waals surface area contributed by atoms with E-state index in [1.165, 1.54) is 6.26 Å². The highest BCUT2D eigenvalue weighted by molar-refractivity contribution is 7.88.